The molecule has 1 fully saturated rings. The van der Waals surface area contributed by atoms with Gasteiger partial charge >= 0.3 is 0 Å². The van der Waals surface area contributed by atoms with Gasteiger partial charge in [-0.05, 0) is 55.7 Å². The number of thioether (sulfide) groups is 1. The van der Waals surface area contributed by atoms with Gasteiger partial charge in [0.25, 0.3) is 5.56 Å². The maximum absolute atomic E-state index is 13.7. The van der Waals surface area contributed by atoms with E-state index in [4.69, 9.17) is 14.1 Å². The first kappa shape index (κ1) is 22.7. The highest BCUT2D eigenvalue weighted by Gasteiger charge is 2.27. The normalized spacial score (nSPS) is 20.3. The van der Waals surface area contributed by atoms with Gasteiger partial charge in [0.05, 0.1) is 36.6 Å². The van der Waals surface area contributed by atoms with Crippen LogP contribution in [0, 0.1) is 5.92 Å². The number of hydrogen-bond donors (Lipinski definition) is 0. The summed E-state index contributed by atoms with van der Waals surface area (Å²) >= 11 is 2.99. The molecule has 1 aliphatic carbocycles. The van der Waals surface area contributed by atoms with E-state index in [2.05, 4.69) is 6.92 Å². The highest BCUT2D eigenvalue weighted by molar-refractivity contribution is 7.99. The Labute approximate surface area is 201 Å². The van der Waals surface area contributed by atoms with Crippen LogP contribution < -0.4 is 5.56 Å². The van der Waals surface area contributed by atoms with E-state index in [0.29, 0.717) is 24.2 Å². The maximum Gasteiger partial charge on any atom is 0.263 e. The van der Waals surface area contributed by atoms with Gasteiger partial charge in [-0.2, -0.15) is 0 Å². The van der Waals surface area contributed by atoms with E-state index in [1.807, 2.05) is 12.1 Å². The number of carbonyl (C=O) groups excluding carboxylic acids is 1. The van der Waals surface area contributed by atoms with Crippen LogP contribution in [0.3, 0.4) is 0 Å². The van der Waals surface area contributed by atoms with Crippen molar-refractivity contribution in [3.8, 4) is 0 Å². The minimum absolute atomic E-state index is 0.0152. The number of nitrogens with zero attached hydrogens (tertiary/aromatic N) is 3. The monoisotopic (exact) mass is 487 g/mol. The fourth-order valence-corrected chi connectivity index (χ4v) is 7.00. The van der Waals surface area contributed by atoms with Gasteiger partial charge in [-0.15, -0.1) is 11.3 Å². The number of aryl methyl sites for hydroxylation is 1. The molecule has 0 radical (unpaired) electrons. The molecule has 0 saturated carbocycles. The molecule has 0 spiro atoms. The zero-order chi connectivity index (χ0) is 22.9. The lowest BCUT2D eigenvalue weighted by Gasteiger charge is -2.19. The molecule has 0 aromatic carbocycles. The van der Waals surface area contributed by atoms with Gasteiger partial charge in [0, 0.05) is 18.5 Å². The van der Waals surface area contributed by atoms with Crippen LogP contribution in [0.25, 0.3) is 10.2 Å². The fraction of sp³-hybridized carbons (Fsp3) is 0.542. The van der Waals surface area contributed by atoms with Crippen molar-refractivity contribution in [3.05, 3.63) is 45.0 Å². The Kier molecular flexibility index (Phi) is 6.62. The second-order valence-electron chi connectivity index (χ2n) is 9.09. The molecule has 33 heavy (non-hydrogen) atoms. The Morgan fingerprint density at radius 2 is 2.27 bits per heavy atom. The second kappa shape index (κ2) is 9.64. The molecule has 2 aliphatic rings. The number of furan rings is 1. The predicted molar refractivity (Wildman–Crippen MR) is 130 cm³/mol. The van der Waals surface area contributed by atoms with E-state index in [0.717, 1.165) is 54.7 Å². The maximum atomic E-state index is 13.7. The average Bonchev–Trinajstić information content (AvgIpc) is 3.55. The molecular formula is C24H29N3O4S2. The molecule has 1 aliphatic heterocycles. The Morgan fingerprint density at radius 3 is 3.03 bits per heavy atom. The van der Waals surface area contributed by atoms with Crippen LogP contribution in [0.4, 0.5) is 0 Å². The third-order valence-electron chi connectivity index (χ3n) is 6.51. The third-order valence-corrected chi connectivity index (χ3v) is 8.62. The molecule has 4 heterocycles. The van der Waals surface area contributed by atoms with Crippen molar-refractivity contribution in [1.82, 2.24) is 14.5 Å². The van der Waals surface area contributed by atoms with E-state index in [9.17, 15) is 9.59 Å². The van der Waals surface area contributed by atoms with Gasteiger partial charge in [0.15, 0.2) is 5.16 Å². The van der Waals surface area contributed by atoms with E-state index >= 15 is 0 Å². The lowest BCUT2D eigenvalue weighted by atomic mass is 9.89. The molecule has 0 bridgehead atoms. The van der Waals surface area contributed by atoms with E-state index in [1.165, 1.54) is 22.2 Å². The minimum Gasteiger partial charge on any atom is -0.467 e. The largest absolute Gasteiger partial charge is 0.467 e. The van der Waals surface area contributed by atoms with Crippen LogP contribution in [0.15, 0.2) is 32.8 Å². The van der Waals surface area contributed by atoms with Crippen LogP contribution in [0.5, 0.6) is 0 Å². The Balaban J connectivity index is 1.43. The highest BCUT2D eigenvalue weighted by Crippen LogP contribution is 2.36. The van der Waals surface area contributed by atoms with Gasteiger partial charge in [-0.3, -0.25) is 14.2 Å². The van der Waals surface area contributed by atoms with Crippen molar-refractivity contribution in [2.24, 2.45) is 5.92 Å². The van der Waals surface area contributed by atoms with Crippen LogP contribution in [-0.2, 0) is 35.5 Å². The molecule has 5 rings (SSSR count). The summed E-state index contributed by atoms with van der Waals surface area (Å²) in [6.45, 7) is 3.90. The van der Waals surface area contributed by atoms with Crippen molar-refractivity contribution in [2.45, 2.75) is 63.4 Å². The topological polar surface area (TPSA) is 77.6 Å². The SMILES string of the molecule is CC1CCc2c(sc3nc(SCC(=O)N(C)Cc4ccco4)n(CC4CCCO4)c(=O)c23)C1. The molecule has 9 heteroatoms. The lowest BCUT2D eigenvalue weighted by Crippen LogP contribution is -2.30. The summed E-state index contributed by atoms with van der Waals surface area (Å²) in [5.41, 5.74) is 1.21. The Hall–Kier alpha value is -2.10. The van der Waals surface area contributed by atoms with Gasteiger partial charge in [-0.1, -0.05) is 18.7 Å². The second-order valence-corrected chi connectivity index (χ2v) is 11.1. The smallest absolute Gasteiger partial charge is 0.263 e. The summed E-state index contributed by atoms with van der Waals surface area (Å²) in [5, 5.41) is 1.39. The number of rotatable bonds is 7. The molecule has 2 atom stereocenters. The fourth-order valence-electron chi connectivity index (χ4n) is 4.63. The minimum atomic E-state index is -0.0336. The van der Waals surface area contributed by atoms with Crippen LogP contribution in [0.1, 0.15) is 42.4 Å². The predicted octanol–water partition coefficient (Wildman–Crippen LogP) is 4.11. The third kappa shape index (κ3) is 4.76. The first-order valence-electron chi connectivity index (χ1n) is 11.6. The summed E-state index contributed by atoms with van der Waals surface area (Å²) in [7, 11) is 1.76. The molecule has 176 valence electrons. The van der Waals surface area contributed by atoms with Crippen molar-refractivity contribution in [2.75, 3.05) is 19.4 Å². The molecule has 3 aromatic heterocycles. The molecule has 2 unspecified atom stereocenters. The van der Waals surface area contributed by atoms with Gasteiger partial charge < -0.3 is 14.1 Å². The van der Waals surface area contributed by atoms with Crippen molar-refractivity contribution >= 4 is 39.2 Å². The quantitative estimate of drug-likeness (QED) is 0.369. The molecular weight excluding hydrogens is 458 g/mol. The van der Waals surface area contributed by atoms with E-state index in [-0.39, 0.29) is 23.3 Å². The summed E-state index contributed by atoms with van der Waals surface area (Å²) in [6, 6.07) is 3.66. The number of ether oxygens (including phenoxy) is 1. The van der Waals surface area contributed by atoms with Crippen molar-refractivity contribution in [1.29, 1.82) is 0 Å². The number of thiophene rings is 1. The highest BCUT2D eigenvalue weighted by atomic mass is 32.2. The Morgan fingerprint density at radius 1 is 1.39 bits per heavy atom. The first-order valence-corrected chi connectivity index (χ1v) is 13.4. The zero-order valence-electron chi connectivity index (χ0n) is 19.0. The van der Waals surface area contributed by atoms with Crippen molar-refractivity contribution < 1.29 is 13.9 Å². The standard InChI is InChI=1S/C24H29N3O4S2/c1-15-7-8-18-19(11-15)33-22-21(18)23(29)27(13-17-6-4-10-31-17)24(25-22)32-14-20(28)26(2)12-16-5-3-9-30-16/h3,5,9,15,17H,4,6-8,10-14H2,1-2H3. The van der Waals surface area contributed by atoms with Crippen LogP contribution in [-0.4, -0.2) is 45.9 Å². The van der Waals surface area contributed by atoms with Crippen molar-refractivity contribution in [3.63, 3.8) is 0 Å². The molecule has 7 nitrogen and oxygen atoms in total. The Bertz CT molecular complexity index is 1190. The summed E-state index contributed by atoms with van der Waals surface area (Å²) in [5.74, 6) is 1.55. The number of hydrogen-bond acceptors (Lipinski definition) is 7. The number of carbonyl (C=O) groups is 1. The van der Waals surface area contributed by atoms with E-state index < -0.39 is 0 Å². The summed E-state index contributed by atoms with van der Waals surface area (Å²) in [6.07, 6.45) is 6.64. The van der Waals surface area contributed by atoms with Crippen LogP contribution in [0.2, 0.25) is 0 Å². The van der Waals surface area contributed by atoms with Crippen LogP contribution >= 0.6 is 23.1 Å². The zero-order valence-corrected chi connectivity index (χ0v) is 20.7. The van der Waals surface area contributed by atoms with Gasteiger partial charge in [-0.25, -0.2) is 4.98 Å². The number of fused-ring (bicyclic) bond motifs is 3. The molecule has 0 N–H and O–H groups in total. The summed E-state index contributed by atoms with van der Waals surface area (Å²) in [4.78, 5) is 35.1. The molecule has 1 saturated heterocycles. The number of aromatic nitrogens is 2. The van der Waals surface area contributed by atoms with E-state index in [1.54, 1.807) is 34.1 Å². The van der Waals surface area contributed by atoms with Gasteiger partial charge in [0.1, 0.15) is 10.6 Å². The summed E-state index contributed by atoms with van der Waals surface area (Å²) < 4.78 is 12.9. The van der Waals surface area contributed by atoms with Gasteiger partial charge in [0.2, 0.25) is 5.91 Å². The average molecular weight is 488 g/mol. The number of amides is 1. The molecule has 3 aromatic rings. The lowest BCUT2D eigenvalue weighted by molar-refractivity contribution is -0.127. The molecule has 1 amide bonds. The first-order chi connectivity index (χ1) is 16.0.